The first kappa shape index (κ1) is 12.1. The molecule has 7 nitrogen and oxygen atoms in total. The first-order chi connectivity index (χ1) is 8.60. The van der Waals surface area contributed by atoms with Crippen molar-refractivity contribution in [1.82, 2.24) is 4.98 Å². The lowest BCUT2D eigenvalue weighted by Crippen LogP contribution is -2.21. The highest BCUT2D eigenvalue weighted by molar-refractivity contribution is 7.13. The van der Waals surface area contributed by atoms with Gasteiger partial charge in [0.25, 0.3) is 0 Å². The number of nitrogens with zero attached hydrogens (tertiary/aromatic N) is 2. The van der Waals surface area contributed by atoms with Gasteiger partial charge in [-0.2, -0.15) is 4.99 Å². The first-order valence-electron chi connectivity index (χ1n) is 4.84. The topological polar surface area (TPSA) is 117 Å². The van der Waals surface area contributed by atoms with E-state index in [2.05, 4.69) is 14.7 Å². The molecule has 0 amide bonds. The molecule has 0 aliphatic carbocycles. The highest BCUT2D eigenvalue weighted by Crippen LogP contribution is 2.28. The minimum Gasteiger partial charge on any atom is -0.463 e. The zero-order chi connectivity index (χ0) is 13.1. The fourth-order valence-electron chi connectivity index (χ4n) is 1.23. The summed E-state index contributed by atoms with van der Waals surface area (Å²) in [7, 11) is 1.28. The Hall–Kier alpha value is -2.35. The van der Waals surface area contributed by atoms with Gasteiger partial charge in [-0.25, -0.2) is 9.78 Å². The molecule has 0 saturated carbocycles. The normalized spacial score (nSPS) is 10.1. The summed E-state index contributed by atoms with van der Waals surface area (Å²) in [6.45, 7) is 0. The Bertz CT molecular complexity index is 598. The van der Waals surface area contributed by atoms with E-state index in [1.54, 1.807) is 11.4 Å². The van der Waals surface area contributed by atoms with E-state index in [4.69, 9.17) is 15.9 Å². The molecule has 18 heavy (non-hydrogen) atoms. The van der Waals surface area contributed by atoms with Crippen molar-refractivity contribution >= 4 is 28.4 Å². The molecule has 2 rings (SSSR count). The highest BCUT2D eigenvalue weighted by atomic mass is 32.1. The Morgan fingerprint density at radius 1 is 1.50 bits per heavy atom. The van der Waals surface area contributed by atoms with Crippen LogP contribution in [0.5, 0.6) is 0 Å². The summed E-state index contributed by atoms with van der Waals surface area (Å²) in [6.07, 6.45) is 0. The van der Waals surface area contributed by atoms with Crippen molar-refractivity contribution in [2.24, 2.45) is 16.5 Å². The summed E-state index contributed by atoms with van der Waals surface area (Å²) in [4.78, 5) is 19.2. The van der Waals surface area contributed by atoms with Crippen molar-refractivity contribution in [2.45, 2.75) is 0 Å². The Labute approximate surface area is 106 Å². The fraction of sp³-hybridized carbons (Fsp3) is 0.100. The lowest BCUT2D eigenvalue weighted by atomic mass is 10.3. The molecule has 0 bridgehead atoms. The second-order valence-electron chi connectivity index (χ2n) is 3.21. The molecule has 0 aliphatic heterocycles. The van der Waals surface area contributed by atoms with E-state index < -0.39 is 5.97 Å². The summed E-state index contributed by atoms with van der Waals surface area (Å²) < 4.78 is 9.84. The van der Waals surface area contributed by atoms with Gasteiger partial charge in [0, 0.05) is 5.38 Å². The molecule has 0 unspecified atom stereocenters. The lowest BCUT2D eigenvalue weighted by molar-refractivity contribution is 0.0566. The lowest BCUT2D eigenvalue weighted by Gasteiger charge is -1.92. The van der Waals surface area contributed by atoms with E-state index in [0.717, 1.165) is 0 Å². The summed E-state index contributed by atoms with van der Waals surface area (Å²) >= 11 is 1.26. The number of thiazole rings is 1. The number of carbonyl (C=O) groups excluding carboxylic acids is 1. The van der Waals surface area contributed by atoms with Gasteiger partial charge in [-0.3, -0.25) is 0 Å². The van der Waals surface area contributed by atoms with Crippen LogP contribution in [0.4, 0.5) is 5.13 Å². The monoisotopic (exact) mass is 266 g/mol. The van der Waals surface area contributed by atoms with E-state index in [-0.39, 0.29) is 11.7 Å². The number of aromatic nitrogens is 1. The largest absolute Gasteiger partial charge is 0.463 e. The van der Waals surface area contributed by atoms with Crippen molar-refractivity contribution in [2.75, 3.05) is 7.11 Å². The van der Waals surface area contributed by atoms with Gasteiger partial charge in [-0.15, -0.1) is 11.3 Å². The standard InChI is InChI=1S/C10H10N4O3S/c1-16-8(15)7-3-2-6(17-7)5-4-18-10(13-5)14-9(11)12/h2-4H,1H3,(H4,11,12,13,14). The molecule has 2 heterocycles. The second kappa shape index (κ2) is 4.88. The number of carbonyl (C=O) groups is 1. The van der Waals surface area contributed by atoms with Crippen LogP contribution >= 0.6 is 11.3 Å². The van der Waals surface area contributed by atoms with Crippen molar-refractivity contribution < 1.29 is 13.9 Å². The van der Waals surface area contributed by atoms with E-state index >= 15 is 0 Å². The number of hydrogen-bond donors (Lipinski definition) is 2. The number of nitrogens with two attached hydrogens (primary N) is 2. The summed E-state index contributed by atoms with van der Waals surface area (Å²) in [5, 5.41) is 2.14. The zero-order valence-corrected chi connectivity index (χ0v) is 10.2. The van der Waals surface area contributed by atoms with Gasteiger partial charge >= 0.3 is 5.97 Å². The highest BCUT2D eigenvalue weighted by Gasteiger charge is 2.14. The van der Waals surface area contributed by atoms with E-state index in [0.29, 0.717) is 16.6 Å². The molecule has 2 aromatic rings. The molecule has 0 aliphatic rings. The number of hydrogen-bond acceptors (Lipinski definition) is 6. The number of guanidine groups is 1. The van der Waals surface area contributed by atoms with Gasteiger partial charge in [0.05, 0.1) is 7.11 Å². The van der Waals surface area contributed by atoms with Gasteiger partial charge in [-0.1, -0.05) is 0 Å². The van der Waals surface area contributed by atoms with Crippen LogP contribution in [0, 0.1) is 0 Å². The minimum atomic E-state index is -0.541. The maximum Gasteiger partial charge on any atom is 0.373 e. The molecular weight excluding hydrogens is 256 g/mol. The van der Waals surface area contributed by atoms with Crippen molar-refractivity contribution in [1.29, 1.82) is 0 Å². The summed E-state index contributed by atoms with van der Waals surface area (Å²) in [5.74, 6) is -0.0425. The maximum absolute atomic E-state index is 11.2. The van der Waals surface area contributed by atoms with Crippen LogP contribution in [0.15, 0.2) is 26.9 Å². The minimum absolute atomic E-state index is 0.0643. The third kappa shape index (κ3) is 2.48. The van der Waals surface area contributed by atoms with Crippen molar-refractivity contribution in [3.05, 3.63) is 23.3 Å². The van der Waals surface area contributed by atoms with E-state index in [1.165, 1.54) is 24.5 Å². The van der Waals surface area contributed by atoms with Gasteiger partial charge in [0.15, 0.2) is 11.7 Å². The first-order valence-corrected chi connectivity index (χ1v) is 5.72. The molecular formula is C10H10N4O3S. The van der Waals surface area contributed by atoms with Gasteiger partial charge in [0.2, 0.25) is 10.9 Å². The van der Waals surface area contributed by atoms with Crippen LogP contribution < -0.4 is 11.5 Å². The van der Waals surface area contributed by atoms with Gasteiger partial charge in [0.1, 0.15) is 5.69 Å². The molecule has 94 valence electrons. The van der Waals surface area contributed by atoms with E-state index in [9.17, 15) is 4.79 Å². The van der Waals surface area contributed by atoms with Crippen LogP contribution in [0.2, 0.25) is 0 Å². The Balaban J connectivity index is 2.26. The Morgan fingerprint density at radius 2 is 2.28 bits per heavy atom. The Kier molecular flexibility index (Phi) is 3.28. The molecule has 0 atom stereocenters. The SMILES string of the molecule is COC(=O)c1ccc(-c2csc(N=C(N)N)n2)o1. The summed E-state index contributed by atoms with van der Waals surface area (Å²) in [6, 6.07) is 3.14. The number of ether oxygens (including phenoxy) is 1. The smallest absolute Gasteiger partial charge is 0.373 e. The van der Waals surface area contributed by atoms with Gasteiger partial charge in [-0.05, 0) is 12.1 Å². The molecule has 0 radical (unpaired) electrons. The predicted octanol–water partition coefficient (Wildman–Crippen LogP) is 1.09. The summed E-state index contributed by atoms with van der Waals surface area (Å²) in [5.41, 5.74) is 11.0. The number of aliphatic imine (C=N–C) groups is 1. The molecule has 4 N–H and O–H groups in total. The number of rotatable bonds is 3. The number of esters is 1. The van der Waals surface area contributed by atoms with Crippen LogP contribution in [0.3, 0.4) is 0 Å². The van der Waals surface area contributed by atoms with Crippen molar-refractivity contribution in [3.8, 4) is 11.5 Å². The predicted molar refractivity (Wildman–Crippen MR) is 66.6 cm³/mol. The second-order valence-corrected chi connectivity index (χ2v) is 4.04. The molecule has 0 fully saturated rings. The number of furan rings is 1. The average Bonchev–Trinajstić information content (AvgIpc) is 2.95. The Morgan fingerprint density at radius 3 is 2.94 bits per heavy atom. The van der Waals surface area contributed by atoms with E-state index in [1.807, 2.05) is 0 Å². The maximum atomic E-state index is 11.2. The fourth-order valence-corrected chi connectivity index (χ4v) is 1.92. The van der Waals surface area contributed by atoms with Crippen LogP contribution in [-0.2, 0) is 4.74 Å². The molecule has 2 aromatic heterocycles. The third-order valence-electron chi connectivity index (χ3n) is 1.96. The molecule has 0 spiro atoms. The third-order valence-corrected chi connectivity index (χ3v) is 2.70. The quantitative estimate of drug-likeness (QED) is 0.488. The van der Waals surface area contributed by atoms with Crippen LogP contribution in [0.25, 0.3) is 11.5 Å². The molecule has 0 aromatic carbocycles. The van der Waals surface area contributed by atoms with Gasteiger partial charge < -0.3 is 20.6 Å². The zero-order valence-electron chi connectivity index (χ0n) is 9.41. The van der Waals surface area contributed by atoms with Crippen LogP contribution in [0.1, 0.15) is 10.6 Å². The molecule has 8 heteroatoms. The number of methoxy groups -OCH3 is 1. The molecule has 0 saturated heterocycles. The average molecular weight is 266 g/mol. The van der Waals surface area contributed by atoms with Crippen LogP contribution in [-0.4, -0.2) is 24.0 Å². The van der Waals surface area contributed by atoms with Crippen molar-refractivity contribution in [3.63, 3.8) is 0 Å².